The van der Waals surface area contributed by atoms with Gasteiger partial charge in [0.15, 0.2) is 0 Å². The fraction of sp³-hybridized carbons (Fsp3) is 0.786. The van der Waals surface area contributed by atoms with Crippen LogP contribution < -0.4 is 0 Å². The van der Waals surface area contributed by atoms with Crippen LogP contribution in [0.5, 0.6) is 0 Å². The Hall–Kier alpha value is -0.790. The molecule has 0 N–H and O–H groups in total. The van der Waals surface area contributed by atoms with Gasteiger partial charge < -0.3 is 4.74 Å². The molecule has 0 aromatic heterocycles. The number of rotatable bonds is 3. The van der Waals surface area contributed by atoms with Gasteiger partial charge in [0.25, 0.3) is 0 Å². The maximum absolute atomic E-state index is 11.5. The standard InChI is InChI=1S/C14H22O2/c1-5-16-13(15)7-10-6-11-8-12(9(10)2)14(11,3)4/h10-12H,2,5-8H2,1,3-4H3/t10-,11+,12+/m1/s1. The third-order valence-electron chi connectivity index (χ3n) is 4.73. The Morgan fingerprint density at radius 2 is 2.19 bits per heavy atom. The number of allylic oxidation sites excluding steroid dienone is 1. The van der Waals surface area contributed by atoms with Crippen LogP contribution >= 0.6 is 0 Å². The van der Waals surface area contributed by atoms with Crippen LogP contribution in [0.15, 0.2) is 12.2 Å². The van der Waals surface area contributed by atoms with Crippen molar-refractivity contribution >= 4 is 5.97 Å². The van der Waals surface area contributed by atoms with Crippen LogP contribution in [-0.4, -0.2) is 12.6 Å². The molecule has 3 rings (SSSR count). The zero-order valence-electron chi connectivity index (χ0n) is 10.6. The summed E-state index contributed by atoms with van der Waals surface area (Å²) in [7, 11) is 0. The van der Waals surface area contributed by atoms with Crippen LogP contribution in [0.1, 0.15) is 40.0 Å². The first-order chi connectivity index (χ1) is 7.46. The van der Waals surface area contributed by atoms with Gasteiger partial charge in [-0.05, 0) is 42.9 Å². The molecule has 0 spiro atoms. The lowest BCUT2D eigenvalue weighted by molar-refractivity contribution is -0.145. The molecule has 3 fully saturated rings. The second kappa shape index (κ2) is 3.90. The van der Waals surface area contributed by atoms with Gasteiger partial charge in [-0.15, -0.1) is 0 Å². The van der Waals surface area contributed by atoms with E-state index < -0.39 is 0 Å². The molecule has 0 aromatic carbocycles. The van der Waals surface area contributed by atoms with E-state index in [4.69, 9.17) is 4.74 Å². The van der Waals surface area contributed by atoms with Gasteiger partial charge in [-0.25, -0.2) is 0 Å². The first kappa shape index (κ1) is 11.7. The summed E-state index contributed by atoms with van der Waals surface area (Å²) in [6.45, 7) is 11.2. The Labute approximate surface area is 98.1 Å². The highest BCUT2D eigenvalue weighted by Gasteiger charge is 2.54. The van der Waals surface area contributed by atoms with Crippen molar-refractivity contribution in [1.82, 2.24) is 0 Å². The van der Waals surface area contributed by atoms with E-state index in [-0.39, 0.29) is 5.97 Å². The van der Waals surface area contributed by atoms with E-state index in [1.54, 1.807) is 0 Å². The van der Waals surface area contributed by atoms with Gasteiger partial charge in [-0.1, -0.05) is 26.0 Å². The number of hydrogen-bond acceptors (Lipinski definition) is 2. The predicted octanol–water partition coefficient (Wildman–Crippen LogP) is 3.18. The molecule has 0 aliphatic heterocycles. The summed E-state index contributed by atoms with van der Waals surface area (Å²) in [5.41, 5.74) is 1.71. The van der Waals surface area contributed by atoms with Gasteiger partial charge in [0.05, 0.1) is 13.0 Å². The molecule has 2 heteroatoms. The summed E-state index contributed by atoms with van der Waals surface area (Å²) in [6.07, 6.45) is 2.95. The fourth-order valence-corrected chi connectivity index (χ4v) is 3.46. The maximum atomic E-state index is 11.5. The lowest BCUT2D eigenvalue weighted by Crippen LogP contribution is -2.52. The highest BCUT2D eigenvalue weighted by Crippen LogP contribution is 2.62. The van der Waals surface area contributed by atoms with Crippen molar-refractivity contribution in [1.29, 1.82) is 0 Å². The minimum atomic E-state index is -0.0623. The molecule has 0 unspecified atom stereocenters. The Bertz CT molecular complexity index is 317. The monoisotopic (exact) mass is 222 g/mol. The first-order valence-electron chi connectivity index (χ1n) is 6.31. The lowest BCUT2D eigenvalue weighted by atomic mass is 9.45. The molecular weight excluding hydrogens is 200 g/mol. The largest absolute Gasteiger partial charge is 0.466 e. The van der Waals surface area contributed by atoms with Crippen molar-refractivity contribution in [2.45, 2.75) is 40.0 Å². The Morgan fingerprint density at radius 1 is 1.50 bits per heavy atom. The molecule has 2 bridgehead atoms. The van der Waals surface area contributed by atoms with Crippen molar-refractivity contribution < 1.29 is 9.53 Å². The highest BCUT2D eigenvalue weighted by atomic mass is 16.5. The molecular formula is C14H22O2. The Morgan fingerprint density at radius 3 is 2.69 bits per heavy atom. The number of carbonyl (C=O) groups excluding carboxylic acids is 1. The molecule has 3 aliphatic rings. The number of esters is 1. The summed E-state index contributed by atoms with van der Waals surface area (Å²) in [6, 6.07) is 0. The molecule has 0 saturated heterocycles. The van der Waals surface area contributed by atoms with E-state index in [2.05, 4.69) is 20.4 Å². The zero-order valence-corrected chi connectivity index (χ0v) is 10.6. The van der Waals surface area contributed by atoms with Gasteiger partial charge in [0.2, 0.25) is 0 Å². The molecule has 2 nitrogen and oxygen atoms in total. The lowest BCUT2D eigenvalue weighted by Gasteiger charge is -2.60. The summed E-state index contributed by atoms with van der Waals surface area (Å²) in [5.74, 6) is 1.72. The van der Waals surface area contributed by atoms with E-state index in [0.717, 1.165) is 12.3 Å². The Kier molecular flexibility index (Phi) is 2.85. The number of ether oxygens (including phenoxy) is 1. The topological polar surface area (TPSA) is 26.3 Å². The average molecular weight is 222 g/mol. The molecule has 90 valence electrons. The second-order valence-corrected chi connectivity index (χ2v) is 5.82. The van der Waals surface area contributed by atoms with E-state index >= 15 is 0 Å². The Balaban J connectivity index is 1.96. The third kappa shape index (κ3) is 1.68. The first-order valence-corrected chi connectivity index (χ1v) is 6.31. The SMILES string of the molecule is C=C1[C@@H](CC(=O)OCC)C[C@H]2C[C@@H]1C2(C)C. The van der Waals surface area contributed by atoms with Gasteiger partial charge >= 0.3 is 5.97 Å². The van der Waals surface area contributed by atoms with Crippen LogP contribution in [0.2, 0.25) is 0 Å². The summed E-state index contributed by atoms with van der Waals surface area (Å²) in [4.78, 5) is 11.5. The van der Waals surface area contributed by atoms with Crippen LogP contribution in [0, 0.1) is 23.2 Å². The fourth-order valence-electron chi connectivity index (χ4n) is 3.46. The average Bonchev–Trinajstić information content (AvgIpc) is 2.20. The van der Waals surface area contributed by atoms with Crippen molar-refractivity contribution in [3.05, 3.63) is 12.2 Å². The summed E-state index contributed by atoms with van der Waals surface area (Å²) < 4.78 is 5.01. The van der Waals surface area contributed by atoms with Gasteiger partial charge in [-0.2, -0.15) is 0 Å². The predicted molar refractivity (Wildman–Crippen MR) is 63.9 cm³/mol. The van der Waals surface area contributed by atoms with Crippen molar-refractivity contribution in [2.75, 3.05) is 6.61 Å². The summed E-state index contributed by atoms with van der Waals surface area (Å²) >= 11 is 0. The van der Waals surface area contributed by atoms with E-state index in [9.17, 15) is 4.79 Å². The normalized spacial score (nSPS) is 35.4. The van der Waals surface area contributed by atoms with E-state index in [0.29, 0.717) is 30.3 Å². The second-order valence-electron chi connectivity index (χ2n) is 5.82. The molecule has 3 saturated carbocycles. The summed E-state index contributed by atoms with van der Waals surface area (Å²) in [5, 5.41) is 0. The molecule has 16 heavy (non-hydrogen) atoms. The number of hydrogen-bond donors (Lipinski definition) is 0. The molecule has 0 heterocycles. The van der Waals surface area contributed by atoms with Crippen molar-refractivity contribution in [2.24, 2.45) is 23.2 Å². The molecule has 3 atom stereocenters. The quantitative estimate of drug-likeness (QED) is 0.541. The third-order valence-corrected chi connectivity index (χ3v) is 4.73. The van der Waals surface area contributed by atoms with Crippen LogP contribution in [0.25, 0.3) is 0 Å². The van der Waals surface area contributed by atoms with Gasteiger partial charge in [0.1, 0.15) is 0 Å². The van der Waals surface area contributed by atoms with Gasteiger partial charge in [0, 0.05) is 0 Å². The van der Waals surface area contributed by atoms with Crippen molar-refractivity contribution in [3.63, 3.8) is 0 Å². The minimum Gasteiger partial charge on any atom is -0.466 e. The van der Waals surface area contributed by atoms with E-state index in [1.165, 1.54) is 12.0 Å². The maximum Gasteiger partial charge on any atom is 0.306 e. The van der Waals surface area contributed by atoms with Crippen LogP contribution in [0.3, 0.4) is 0 Å². The van der Waals surface area contributed by atoms with Gasteiger partial charge in [-0.3, -0.25) is 4.79 Å². The van der Waals surface area contributed by atoms with Crippen LogP contribution in [0.4, 0.5) is 0 Å². The molecule has 3 aliphatic carbocycles. The van der Waals surface area contributed by atoms with E-state index in [1.807, 2.05) is 6.92 Å². The molecule has 0 amide bonds. The smallest absolute Gasteiger partial charge is 0.306 e. The number of carbonyl (C=O) groups is 1. The highest BCUT2D eigenvalue weighted by molar-refractivity contribution is 5.70. The molecule has 0 aromatic rings. The zero-order chi connectivity index (χ0) is 11.9. The minimum absolute atomic E-state index is 0.0623. The molecule has 0 radical (unpaired) electrons. The van der Waals surface area contributed by atoms with Crippen molar-refractivity contribution in [3.8, 4) is 0 Å². The van der Waals surface area contributed by atoms with Crippen LogP contribution in [-0.2, 0) is 9.53 Å². The number of fused-ring (bicyclic) bond motifs is 2.